The smallest absolute Gasteiger partial charge is 0.407 e. The average molecular weight is 433 g/mol. The van der Waals surface area contributed by atoms with E-state index in [1.165, 1.54) is 0 Å². The molecule has 0 bridgehead atoms. The molecule has 161 valence electrons. The lowest BCUT2D eigenvalue weighted by Gasteiger charge is -2.43. The van der Waals surface area contributed by atoms with Crippen LogP contribution in [0.2, 0.25) is 0 Å². The minimum atomic E-state index is -0.645. The minimum absolute atomic E-state index is 0.382. The molecule has 0 fully saturated rings. The van der Waals surface area contributed by atoms with E-state index in [9.17, 15) is 4.79 Å². The largest absolute Gasteiger partial charge is 0.444 e. The first kappa shape index (κ1) is 23.0. The molecule has 3 rings (SSSR count). The van der Waals surface area contributed by atoms with Crippen LogP contribution in [0.1, 0.15) is 37.5 Å². The number of thiol groups is 1. The van der Waals surface area contributed by atoms with Gasteiger partial charge in [-0.1, -0.05) is 91.0 Å². The first-order chi connectivity index (χ1) is 14.7. The fourth-order valence-corrected chi connectivity index (χ4v) is 4.48. The molecule has 1 amide bonds. The Morgan fingerprint density at radius 2 is 1.16 bits per heavy atom. The van der Waals surface area contributed by atoms with Crippen LogP contribution < -0.4 is 5.32 Å². The van der Waals surface area contributed by atoms with Gasteiger partial charge in [-0.15, -0.1) is 0 Å². The maximum Gasteiger partial charge on any atom is 0.407 e. The van der Waals surface area contributed by atoms with Gasteiger partial charge in [-0.3, -0.25) is 0 Å². The molecule has 0 aliphatic heterocycles. The van der Waals surface area contributed by atoms with Crippen molar-refractivity contribution in [1.82, 2.24) is 5.32 Å². The summed E-state index contributed by atoms with van der Waals surface area (Å²) in [7, 11) is 0. The average Bonchev–Trinajstić information content (AvgIpc) is 2.75. The number of hydrogen-bond donors (Lipinski definition) is 2. The third-order valence-corrected chi connectivity index (χ3v) is 5.96. The zero-order valence-corrected chi connectivity index (χ0v) is 19.2. The second-order valence-corrected chi connectivity index (χ2v) is 9.16. The van der Waals surface area contributed by atoms with E-state index in [0.717, 1.165) is 16.7 Å². The Kier molecular flexibility index (Phi) is 7.11. The molecular weight excluding hydrogens is 402 g/mol. The predicted molar refractivity (Wildman–Crippen MR) is 130 cm³/mol. The van der Waals surface area contributed by atoms with Gasteiger partial charge in [0.15, 0.2) is 0 Å². The molecule has 2 unspecified atom stereocenters. The molecule has 1 radical (unpaired) electrons. The van der Waals surface area contributed by atoms with Crippen molar-refractivity contribution >= 4 is 18.7 Å². The summed E-state index contributed by atoms with van der Waals surface area (Å²) in [5, 5.41) is 2.52. The topological polar surface area (TPSA) is 38.3 Å². The highest BCUT2D eigenvalue weighted by atomic mass is 32.1. The highest BCUT2D eigenvalue weighted by Gasteiger charge is 2.45. The van der Waals surface area contributed by atoms with Crippen LogP contribution >= 0.6 is 12.6 Å². The normalized spacial score (nSPS) is 13.8. The van der Waals surface area contributed by atoms with Crippen molar-refractivity contribution in [3.63, 3.8) is 0 Å². The van der Waals surface area contributed by atoms with Crippen molar-refractivity contribution in [3.8, 4) is 0 Å². The van der Waals surface area contributed by atoms with Crippen LogP contribution in [0.25, 0.3) is 0 Å². The van der Waals surface area contributed by atoms with Gasteiger partial charge in [-0.05, 0) is 44.4 Å². The van der Waals surface area contributed by atoms with Gasteiger partial charge in [0.2, 0.25) is 0 Å². The summed E-state index contributed by atoms with van der Waals surface area (Å²) < 4.78 is 5.46. The number of hydrogen-bond acceptors (Lipinski definition) is 3. The lowest BCUT2D eigenvalue weighted by Crippen LogP contribution is -2.51. The molecule has 0 heterocycles. The summed E-state index contributed by atoms with van der Waals surface area (Å²) >= 11 is 5.09. The molecular formula is C27H30NO2S. The molecule has 0 aliphatic rings. The van der Waals surface area contributed by atoms with Crippen LogP contribution in [0.3, 0.4) is 0 Å². The fourth-order valence-electron chi connectivity index (χ4n) is 3.96. The number of alkyl carbamates (subject to hydrolysis) is 1. The highest BCUT2D eigenvalue weighted by Crippen LogP contribution is 2.45. The summed E-state index contributed by atoms with van der Waals surface area (Å²) in [4.78, 5) is 12.5. The monoisotopic (exact) mass is 432 g/mol. The van der Waals surface area contributed by atoms with Crippen LogP contribution in [-0.2, 0) is 10.2 Å². The molecule has 31 heavy (non-hydrogen) atoms. The van der Waals surface area contributed by atoms with Crippen LogP contribution in [-0.4, -0.2) is 23.0 Å². The Balaban J connectivity index is 2.14. The summed E-state index contributed by atoms with van der Waals surface area (Å²) in [6.45, 7) is 9.78. The molecule has 0 saturated carbocycles. The number of rotatable bonds is 6. The first-order valence-electron chi connectivity index (χ1n) is 10.4. The Labute approximate surface area is 191 Å². The van der Waals surface area contributed by atoms with E-state index in [2.05, 4.69) is 48.6 Å². The molecule has 2 atom stereocenters. The number of ether oxygens (including phenoxy) is 1. The predicted octanol–water partition coefficient (Wildman–Crippen LogP) is 6.05. The van der Waals surface area contributed by atoms with Crippen LogP contribution in [0.4, 0.5) is 4.79 Å². The quantitative estimate of drug-likeness (QED) is 0.368. The van der Waals surface area contributed by atoms with Gasteiger partial charge in [-0.25, -0.2) is 4.79 Å². The van der Waals surface area contributed by atoms with Gasteiger partial charge in [0.25, 0.3) is 0 Å². The third-order valence-electron chi connectivity index (χ3n) is 5.21. The number of benzene rings is 3. The lowest BCUT2D eigenvalue weighted by atomic mass is 9.65. The Morgan fingerprint density at radius 3 is 1.48 bits per heavy atom. The van der Waals surface area contributed by atoms with E-state index < -0.39 is 23.2 Å². The Hall–Kier alpha value is -2.72. The van der Waals surface area contributed by atoms with Crippen molar-refractivity contribution in [1.29, 1.82) is 0 Å². The zero-order valence-electron chi connectivity index (χ0n) is 18.3. The zero-order chi connectivity index (χ0) is 22.5. The van der Waals surface area contributed by atoms with Gasteiger partial charge < -0.3 is 10.1 Å². The molecule has 3 aromatic rings. The van der Waals surface area contributed by atoms with Gasteiger partial charge in [0.05, 0.1) is 5.41 Å². The lowest BCUT2D eigenvalue weighted by molar-refractivity contribution is 0.0511. The highest BCUT2D eigenvalue weighted by molar-refractivity contribution is 7.81. The van der Waals surface area contributed by atoms with Gasteiger partial charge >= 0.3 is 6.09 Å². The van der Waals surface area contributed by atoms with Crippen molar-refractivity contribution in [2.45, 2.75) is 43.1 Å². The maximum atomic E-state index is 12.5. The summed E-state index contributed by atoms with van der Waals surface area (Å²) in [5.74, 6) is 0. The molecule has 0 spiro atoms. The maximum absolute atomic E-state index is 12.5. The second kappa shape index (κ2) is 9.61. The van der Waals surface area contributed by atoms with Gasteiger partial charge in [-0.2, -0.15) is 12.6 Å². The molecule has 0 aliphatic carbocycles. The van der Waals surface area contributed by atoms with E-state index in [1.54, 1.807) is 0 Å². The number of carbonyl (C=O) groups excluding carboxylic acids is 1. The van der Waals surface area contributed by atoms with Crippen LogP contribution in [0, 0.1) is 6.92 Å². The van der Waals surface area contributed by atoms with Crippen molar-refractivity contribution in [2.75, 3.05) is 0 Å². The molecule has 0 aromatic heterocycles. The fraction of sp³-hybridized carbons (Fsp3) is 0.259. The summed E-state index contributed by atoms with van der Waals surface area (Å²) in [6.07, 6.45) is -0.505. The molecule has 3 nitrogen and oxygen atoms in total. The van der Waals surface area contributed by atoms with E-state index in [4.69, 9.17) is 17.4 Å². The number of carbonyl (C=O) groups is 1. The summed E-state index contributed by atoms with van der Waals surface area (Å²) in [6, 6.07) is 30.2. The SMILES string of the molecule is [CH2]C(NC(=O)OC(C)(C)C)C(S)C(c1ccccc1)(c1ccccc1)c1ccccc1. The van der Waals surface area contributed by atoms with E-state index in [-0.39, 0.29) is 5.25 Å². The molecule has 1 N–H and O–H groups in total. The molecule has 3 aromatic carbocycles. The number of amides is 1. The van der Waals surface area contributed by atoms with E-state index in [0.29, 0.717) is 0 Å². The van der Waals surface area contributed by atoms with Crippen molar-refractivity contribution in [3.05, 3.63) is 115 Å². The van der Waals surface area contributed by atoms with Crippen LogP contribution in [0.5, 0.6) is 0 Å². The van der Waals surface area contributed by atoms with E-state index >= 15 is 0 Å². The van der Waals surface area contributed by atoms with Crippen LogP contribution in [0.15, 0.2) is 91.0 Å². The van der Waals surface area contributed by atoms with E-state index in [1.807, 2.05) is 75.4 Å². The minimum Gasteiger partial charge on any atom is -0.444 e. The third kappa shape index (κ3) is 5.13. The first-order valence-corrected chi connectivity index (χ1v) is 10.9. The second-order valence-electron chi connectivity index (χ2n) is 8.60. The molecule has 4 heteroatoms. The Morgan fingerprint density at radius 1 is 0.806 bits per heavy atom. The summed E-state index contributed by atoms with van der Waals surface area (Å²) in [5.41, 5.74) is 1.99. The standard InChI is InChI=1S/C27H30NO2S/c1-20(28-25(29)30-26(2,3)4)24(31)27(21-14-8-5-9-15-21,22-16-10-6-11-17-22)23-18-12-7-13-19-23/h5-20,24,31H,1H2,2-4H3,(H,28,29). The Bertz CT molecular complexity index is 872. The molecule has 0 saturated heterocycles. The van der Waals surface area contributed by atoms with Crippen molar-refractivity contribution in [2.24, 2.45) is 0 Å². The van der Waals surface area contributed by atoms with Gasteiger partial charge in [0, 0.05) is 11.3 Å². The van der Waals surface area contributed by atoms with Gasteiger partial charge in [0.1, 0.15) is 5.60 Å². The van der Waals surface area contributed by atoms with Crippen molar-refractivity contribution < 1.29 is 9.53 Å². The number of nitrogens with one attached hydrogen (secondary N) is 1.